The molecule has 0 saturated carbocycles. The molecular weight excluding hydrogens is 180 g/mol. The van der Waals surface area contributed by atoms with E-state index in [2.05, 4.69) is 10.6 Å². The van der Waals surface area contributed by atoms with Crippen LogP contribution in [-0.2, 0) is 9.59 Å². The summed E-state index contributed by atoms with van der Waals surface area (Å²) in [6.07, 6.45) is 1.91. The predicted molar refractivity (Wildman–Crippen MR) is 53.7 cm³/mol. The number of amides is 2. The van der Waals surface area contributed by atoms with Gasteiger partial charge in [-0.25, -0.2) is 0 Å². The maximum atomic E-state index is 11.8. The summed E-state index contributed by atoms with van der Waals surface area (Å²) in [5, 5.41) is 5.59. The van der Waals surface area contributed by atoms with Gasteiger partial charge in [-0.05, 0) is 19.3 Å². The molecule has 1 saturated heterocycles. The maximum absolute atomic E-state index is 11.8. The van der Waals surface area contributed by atoms with Crippen LogP contribution in [0, 0.1) is 0 Å². The van der Waals surface area contributed by atoms with E-state index in [0.717, 1.165) is 0 Å². The van der Waals surface area contributed by atoms with E-state index < -0.39 is 5.54 Å². The minimum Gasteiger partial charge on any atom is -0.342 e. The molecule has 0 aliphatic carbocycles. The van der Waals surface area contributed by atoms with Crippen molar-refractivity contribution in [2.24, 2.45) is 0 Å². The SMILES string of the molecule is CCC1NC(=O)C(CC)(CC)NC1=O. The summed E-state index contributed by atoms with van der Waals surface area (Å²) in [6.45, 7) is 5.71. The first kappa shape index (κ1) is 11.0. The first-order valence-electron chi connectivity index (χ1n) is 5.22. The summed E-state index contributed by atoms with van der Waals surface area (Å²) in [7, 11) is 0. The monoisotopic (exact) mass is 198 g/mol. The van der Waals surface area contributed by atoms with Crippen molar-refractivity contribution >= 4 is 11.8 Å². The summed E-state index contributed by atoms with van der Waals surface area (Å²) in [4.78, 5) is 23.3. The van der Waals surface area contributed by atoms with Gasteiger partial charge < -0.3 is 10.6 Å². The Balaban J connectivity index is 2.85. The summed E-state index contributed by atoms with van der Waals surface area (Å²) in [6, 6.07) is -0.353. The van der Waals surface area contributed by atoms with Crippen molar-refractivity contribution in [3.05, 3.63) is 0 Å². The Morgan fingerprint density at radius 1 is 1.21 bits per heavy atom. The molecule has 80 valence electrons. The summed E-state index contributed by atoms with van der Waals surface area (Å²) in [5.74, 6) is -0.107. The van der Waals surface area contributed by atoms with Gasteiger partial charge in [0.25, 0.3) is 0 Å². The average molecular weight is 198 g/mol. The molecule has 0 aromatic carbocycles. The molecule has 0 radical (unpaired) electrons. The average Bonchev–Trinajstić information content (AvgIpc) is 2.21. The van der Waals surface area contributed by atoms with Gasteiger partial charge in [-0.1, -0.05) is 20.8 Å². The number of rotatable bonds is 3. The Kier molecular flexibility index (Phi) is 3.13. The van der Waals surface area contributed by atoms with Crippen molar-refractivity contribution in [2.75, 3.05) is 0 Å². The zero-order valence-electron chi connectivity index (χ0n) is 9.02. The Hall–Kier alpha value is -1.06. The Labute approximate surface area is 84.4 Å². The van der Waals surface area contributed by atoms with Gasteiger partial charge in [0.05, 0.1) is 0 Å². The lowest BCUT2D eigenvalue weighted by Gasteiger charge is -2.38. The van der Waals surface area contributed by atoms with Crippen molar-refractivity contribution in [1.29, 1.82) is 0 Å². The molecule has 1 heterocycles. The Bertz CT molecular complexity index is 247. The van der Waals surface area contributed by atoms with E-state index in [0.29, 0.717) is 19.3 Å². The van der Waals surface area contributed by atoms with Crippen molar-refractivity contribution < 1.29 is 9.59 Å². The van der Waals surface area contributed by atoms with Crippen molar-refractivity contribution in [1.82, 2.24) is 10.6 Å². The second kappa shape index (κ2) is 3.98. The van der Waals surface area contributed by atoms with Crippen LogP contribution in [0.3, 0.4) is 0 Å². The molecule has 1 unspecified atom stereocenters. The third-order valence-electron chi connectivity index (χ3n) is 3.03. The lowest BCUT2D eigenvalue weighted by atomic mass is 9.88. The van der Waals surface area contributed by atoms with Crippen LogP contribution in [0.5, 0.6) is 0 Å². The van der Waals surface area contributed by atoms with Gasteiger partial charge in [0.1, 0.15) is 11.6 Å². The first-order chi connectivity index (χ1) is 6.59. The highest BCUT2D eigenvalue weighted by molar-refractivity contribution is 5.99. The Morgan fingerprint density at radius 3 is 2.21 bits per heavy atom. The molecule has 0 aromatic rings. The zero-order chi connectivity index (χ0) is 10.8. The summed E-state index contributed by atoms with van der Waals surface area (Å²) in [5.41, 5.74) is -0.678. The van der Waals surface area contributed by atoms with Gasteiger partial charge in [0, 0.05) is 0 Å². The fourth-order valence-electron chi connectivity index (χ4n) is 1.78. The largest absolute Gasteiger partial charge is 0.342 e. The highest BCUT2D eigenvalue weighted by atomic mass is 16.2. The van der Waals surface area contributed by atoms with E-state index >= 15 is 0 Å². The van der Waals surface area contributed by atoms with Crippen LogP contribution in [0.1, 0.15) is 40.0 Å². The van der Waals surface area contributed by atoms with Crippen LogP contribution in [0.15, 0.2) is 0 Å². The minimum atomic E-state index is -0.678. The number of nitrogens with one attached hydrogen (secondary N) is 2. The van der Waals surface area contributed by atoms with Gasteiger partial charge in [-0.3, -0.25) is 9.59 Å². The van der Waals surface area contributed by atoms with E-state index in [-0.39, 0.29) is 17.9 Å². The lowest BCUT2D eigenvalue weighted by Crippen LogP contribution is -2.68. The molecule has 1 aliphatic rings. The third kappa shape index (κ3) is 1.61. The molecule has 0 bridgehead atoms. The fraction of sp³-hybridized carbons (Fsp3) is 0.800. The first-order valence-corrected chi connectivity index (χ1v) is 5.22. The van der Waals surface area contributed by atoms with Gasteiger partial charge in [0.15, 0.2) is 0 Å². The summed E-state index contributed by atoms with van der Waals surface area (Å²) < 4.78 is 0. The standard InChI is InChI=1S/C10H18N2O2/c1-4-7-8(13)12-10(5-2,6-3)9(14)11-7/h7H,4-6H2,1-3H3,(H,11,14)(H,12,13). The quantitative estimate of drug-likeness (QED) is 0.696. The molecule has 1 aliphatic heterocycles. The molecule has 1 fully saturated rings. The maximum Gasteiger partial charge on any atom is 0.246 e. The van der Waals surface area contributed by atoms with Gasteiger partial charge in [-0.15, -0.1) is 0 Å². The van der Waals surface area contributed by atoms with Crippen LogP contribution < -0.4 is 10.6 Å². The highest BCUT2D eigenvalue weighted by Gasteiger charge is 2.43. The number of carbonyl (C=O) groups is 2. The molecule has 1 atom stereocenters. The van der Waals surface area contributed by atoms with Gasteiger partial charge >= 0.3 is 0 Å². The van der Waals surface area contributed by atoms with Crippen molar-refractivity contribution in [3.63, 3.8) is 0 Å². The topological polar surface area (TPSA) is 58.2 Å². The van der Waals surface area contributed by atoms with Crippen molar-refractivity contribution in [3.8, 4) is 0 Å². The second-order valence-corrected chi connectivity index (χ2v) is 3.71. The lowest BCUT2D eigenvalue weighted by molar-refractivity contribution is -0.142. The van der Waals surface area contributed by atoms with Gasteiger partial charge in [-0.2, -0.15) is 0 Å². The number of hydrogen-bond donors (Lipinski definition) is 2. The molecule has 0 spiro atoms. The van der Waals surface area contributed by atoms with E-state index in [1.54, 1.807) is 0 Å². The van der Waals surface area contributed by atoms with E-state index in [1.165, 1.54) is 0 Å². The van der Waals surface area contributed by atoms with Crippen LogP contribution in [-0.4, -0.2) is 23.4 Å². The second-order valence-electron chi connectivity index (χ2n) is 3.71. The van der Waals surface area contributed by atoms with Gasteiger partial charge in [0.2, 0.25) is 11.8 Å². The number of carbonyl (C=O) groups excluding carboxylic acids is 2. The Morgan fingerprint density at radius 2 is 1.79 bits per heavy atom. The van der Waals surface area contributed by atoms with Crippen molar-refractivity contribution in [2.45, 2.75) is 51.6 Å². The fourth-order valence-corrected chi connectivity index (χ4v) is 1.78. The smallest absolute Gasteiger partial charge is 0.246 e. The molecular formula is C10H18N2O2. The number of piperazine rings is 1. The summed E-state index contributed by atoms with van der Waals surface area (Å²) >= 11 is 0. The molecule has 2 N–H and O–H groups in total. The molecule has 14 heavy (non-hydrogen) atoms. The predicted octanol–water partition coefficient (Wildman–Crippen LogP) is 0.570. The molecule has 4 heteroatoms. The highest BCUT2D eigenvalue weighted by Crippen LogP contribution is 2.19. The van der Waals surface area contributed by atoms with Crippen LogP contribution in [0.4, 0.5) is 0 Å². The third-order valence-corrected chi connectivity index (χ3v) is 3.03. The molecule has 2 amide bonds. The van der Waals surface area contributed by atoms with Crippen LogP contribution in [0.25, 0.3) is 0 Å². The van der Waals surface area contributed by atoms with E-state index in [9.17, 15) is 9.59 Å². The number of hydrogen-bond acceptors (Lipinski definition) is 2. The normalized spacial score (nSPS) is 25.5. The molecule has 0 aromatic heterocycles. The zero-order valence-corrected chi connectivity index (χ0v) is 9.02. The van der Waals surface area contributed by atoms with E-state index in [4.69, 9.17) is 0 Å². The minimum absolute atomic E-state index is 0.0473. The molecule has 4 nitrogen and oxygen atoms in total. The van der Waals surface area contributed by atoms with Crippen LogP contribution in [0.2, 0.25) is 0 Å². The van der Waals surface area contributed by atoms with Crippen LogP contribution >= 0.6 is 0 Å². The molecule has 1 rings (SSSR count). The van der Waals surface area contributed by atoms with E-state index in [1.807, 2.05) is 20.8 Å².